The molecule has 2 aromatic carbocycles. The molecular formula is C15H9F4N3O3S. The fraction of sp³-hybridized carbons (Fsp3) is 0.0667. The third kappa shape index (κ3) is 3.82. The van der Waals surface area contributed by atoms with Crippen molar-refractivity contribution in [3.63, 3.8) is 0 Å². The van der Waals surface area contributed by atoms with Gasteiger partial charge in [0.1, 0.15) is 5.82 Å². The minimum absolute atomic E-state index is 0.119. The first-order valence-corrected chi connectivity index (χ1v) is 8.43. The van der Waals surface area contributed by atoms with Crippen molar-refractivity contribution < 1.29 is 30.5 Å². The van der Waals surface area contributed by atoms with Crippen molar-refractivity contribution in [2.24, 2.45) is 0 Å². The highest BCUT2D eigenvalue weighted by Gasteiger charge is 2.37. The standard InChI is InChI=1S/C15H9F4N3O3S/c16-10-3-5-11(6-4-10)22-26(23,24)12-7-1-9(2-8-12)13-20-14(21-25-13)15(17,18)19/h1-8,22H. The zero-order valence-electron chi connectivity index (χ0n) is 12.7. The maximum Gasteiger partial charge on any atom is 0.455 e. The highest BCUT2D eigenvalue weighted by Crippen LogP contribution is 2.29. The predicted octanol–water partition coefficient (Wildman–Crippen LogP) is 3.70. The molecule has 0 aliphatic rings. The molecule has 0 aliphatic heterocycles. The van der Waals surface area contributed by atoms with Crippen LogP contribution < -0.4 is 4.72 Å². The second kappa shape index (κ2) is 6.41. The van der Waals surface area contributed by atoms with Crippen molar-refractivity contribution in [3.8, 4) is 11.5 Å². The quantitative estimate of drug-likeness (QED) is 0.690. The van der Waals surface area contributed by atoms with Crippen LogP contribution in [0.15, 0.2) is 57.9 Å². The summed E-state index contributed by atoms with van der Waals surface area (Å²) in [7, 11) is -3.96. The Balaban J connectivity index is 1.82. The molecule has 0 saturated carbocycles. The third-order valence-electron chi connectivity index (χ3n) is 3.19. The number of aromatic nitrogens is 2. The van der Waals surface area contributed by atoms with Gasteiger partial charge in [-0.3, -0.25) is 4.72 Å². The summed E-state index contributed by atoms with van der Waals surface area (Å²) >= 11 is 0. The zero-order chi connectivity index (χ0) is 18.9. The summed E-state index contributed by atoms with van der Waals surface area (Å²) < 4.78 is 81.6. The fourth-order valence-electron chi connectivity index (χ4n) is 1.96. The van der Waals surface area contributed by atoms with E-state index in [0.717, 1.165) is 12.1 Å². The molecule has 1 aromatic heterocycles. The number of nitrogens with one attached hydrogen (secondary N) is 1. The number of rotatable bonds is 4. The van der Waals surface area contributed by atoms with Crippen LogP contribution in [0.5, 0.6) is 0 Å². The lowest BCUT2D eigenvalue weighted by atomic mass is 10.2. The monoisotopic (exact) mass is 387 g/mol. The van der Waals surface area contributed by atoms with Crippen LogP contribution in [-0.2, 0) is 16.2 Å². The van der Waals surface area contributed by atoms with Gasteiger partial charge in [-0.05, 0) is 48.5 Å². The van der Waals surface area contributed by atoms with E-state index in [0.29, 0.717) is 0 Å². The number of sulfonamides is 1. The van der Waals surface area contributed by atoms with E-state index in [-0.39, 0.29) is 16.1 Å². The molecule has 1 heterocycles. The molecule has 26 heavy (non-hydrogen) atoms. The number of benzene rings is 2. The van der Waals surface area contributed by atoms with Gasteiger partial charge in [0.15, 0.2) is 0 Å². The molecule has 11 heteroatoms. The largest absolute Gasteiger partial charge is 0.455 e. The lowest BCUT2D eigenvalue weighted by Crippen LogP contribution is -2.12. The van der Waals surface area contributed by atoms with Crippen LogP contribution in [0.3, 0.4) is 0 Å². The average molecular weight is 387 g/mol. The van der Waals surface area contributed by atoms with Crippen LogP contribution in [0.1, 0.15) is 5.82 Å². The third-order valence-corrected chi connectivity index (χ3v) is 4.58. The summed E-state index contributed by atoms with van der Waals surface area (Å²) in [6.07, 6.45) is -4.75. The van der Waals surface area contributed by atoms with E-state index >= 15 is 0 Å². The van der Waals surface area contributed by atoms with Gasteiger partial charge in [-0.15, -0.1) is 0 Å². The Labute approximate surface area is 144 Å². The van der Waals surface area contributed by atoms with Gasteiger partial charge in [0.05, 0.1) is 4.90 Å². The lowest BCUT2D eigenvalue weighted by Gasteiger charge is -2.08. The summed E-state index contributed by atoms with van der Waals surface area (Å²) in [6.45, 7) is 0. The van der Waals surface area contributed by atoms with E-state index in [1.807, 2.05) is 0 Å². The summed E-state index contributed by atoms with van der Waals surface area (Å²) in [4.78, 5) is 3.06. The van der Waals surface area contributed by atoms with E-state index < -0.39 is 33.7 Å². The van der Waals surface area contributed by atoms with E-state index in [2.05, 4.69) is 19.4 Å². The number of alkyl halides is 3. The van der Waals surface area contributed by atoms with Crippen molar-refractivity contribution in [2.75, 3.05) is 4.72 Å². The van der Waals surface area contributed by atoms with E-state index in [9.17, 15) is 26.0 Å². The molecule has 0 fully saturated rings. The van der Waals surface area contributed by atoms with Gasteiger partial charge in [0, 0.05) is 11.3 Å². The lowest BCUT2D eigenvalue weighted by molar-refractivity contribution is -0.146. The average Bonchev–Trinajstić information content (AvgIpc) is 3.07. The van der Waals surface area contributed by atoms with Gasteiger partial charge in [-0.25, -0.2) is 12.8 Å². The van der Waals surface area contributed by atoms with Gasteiger partial charge in [0.2, 0.25) is 0 Å². The summed E-state index contributed by atoms with van der Waals surface area (Å²) in [5, 5.41) is 2.83. The van der Waals surface area contributed by atoms with Gasteiger partial charge < -0.3 is 4.52 Å². The van der Waals surface area contributed by atoms with E-state index in [1.54, 1.807) is 0 Å². The van der Waals surface area contributed by atoms with Gasteiger partial charge >= 0.3 is 6.18 Å². The summed E-state index contributed by atoms with van der Waals surface area (Å²) in [5.74, 6) is -2.34. The molecule has 0 atom stereocenters. The molecule has 0 saturated heterocycles. The molecule has 6 nitrogen and oxygen atoms in total. The predicted molar refractivity (Wildman–Crippen MR) is 81.9 cm³/mol. The van der Waals surface area contributed by atoms with Crippen LogP contribution in [0.25, 0.3) is 11.5 Å². The molecule has 0 aliphatic carbocycles. The van der Waals surface area contributed by atoms with Crippen LogP contribution in [-0.4, -0.2) is 18.6 Å². The van der Waals surface area contributed by atoms with Gasteiger partial charge in [-0.2, -0.15) is 18.2 Å². The molecule has 0 bridgehead atoms. The van der Waals surface area contributed by atoms with Gasteiger partial charge in [-0.1, -0.05) is 5.16 Å². The molecular weight excluding hydrogens is 378 g/mol. The maximum atomic E-state index is 12.9. The number of hydrogen-bond acceptors (Lipinski definition) is 5. The van der Waals surface area contributed by atoms with Crippen LogP contribution in [0.2, 0.25) is 0 Å². The molecule has 1 N–H and O–H groups in total. The fourth-order valence-corrected chi connectivity index (χ4v) is 3.02. The Bertz CT molecular complexity index is 1010. The summed E-state index contributed by atoms with van der Waals surface area (Å²) in [6, 6.07) is 9.47. The van der Waals surface area contributed by atoms with Crippen molar-refractivity contribution in [1.82, 2.24) is 10.1 Å². The number of halogens is 4. The van der Waals surface area contributed by atoms with Crippen LogP contribution >= 0.6 is 0 Å². The smallest absolute Gasteiger partial charge is 0.334 e. The van der Waals surface area contributed by atoms with Crippen molar-refractivity contribution >= 4 is 15.7 Å². The normalized spacial score (nSPS) is 12.2. The molecule has 136 valence electrons. The molecule has 3 rings (SSSR count). The minimum Gasteiger partial charge on any atom is -0.334 e. The topological polar surface area (TPSA) is 85.1 Å². The number of nitrogens with zero attached hydrogens (tertiary/aromatic N) is 2. The first kappa shape index (κ1) is 17.9. The number of hydrogen-bond donors (Lipinski definition) is 1. The molecule has 3 aromatic rings. The molecule has 0 amide bonds. The van der Waals surface area contributed by atoms with E-state index in [4.69, 9.17) is 0 Å². The SMILES string of the molecule is O=S(=O)(Nc1ccc(F)cc1)c1ccc(-c2nc(C(F)(F)F)no2)cc1. The van der Waals surface area contributed by atoms with Crippen molar-refractivity contribution in [2.45, 2.75) is 11.1 Å². The highest BCUT2D eigenvalue weighted by atomic mass is 32.2. The second-order valence-electron chi connectivity index (χ2n) is 5.06. The highest BCUT2D eigenvalue weighted by molar-refractivity contribution is 7.92. The Morgan fingerprint density at radius 1 is 0.962 bits per heavy atom. The zero-order valence-corrected chi connectivity index (χ0v) is 13.5. The minimum atomic E-state index is -4.75. The Morgan fingerprint density at radius 3 is 2.12 bits per heavy atom. The molecule has 0 radical (unpaired) electrons. The molecule has 0 unspecified atom stereocenters. The summed E-state index contributed by atoms with van der Waals surface area (Å²) in [5.41, 5.74) is 0.274. The first-order valence-electron chi connectivity index (χ1n) is 6.95. The molecule has 0 spiro atoms. The Kier molecular flexibility index (Phi) is 4.40. The maximum absolute atomic E-state index is 12.9. The van der Waals surface area contributed by atoms with Crippen LogP contribution in [0.4, 0.5) is 23.2 Å². The Hall–Kier alpha value is -2.95. The van der Waals surface area contributed by atoms with Crippen molar-refractivity contribution in [3.05, 3.63) is 60.2 Å². The number of anilines is 1. The van der Waals surface area contributed by atoms with Gasteiger partial charge in [0.25, 0.3) is 21.7 Å². The van der Waals surface area contributed by atoms with Crippen molar-refractivity contribution in [1.29, 1.82) is 0 Å². The Morgan fingerprint density at radius 2 is 1.58 bits per heavy atom. The van der Waals surface area contributed by atoms with Crippen LogP contribution in [0, 0.1) is 5.82 Å². The first-order chi connectivity index (χ1) is 12.1. The second-order valence-corrected chi connectivity index (χ2v) is 6.74. The van der Waals surface area contributed by atoms with E-state index in [1.165, 1.54) is 36.4 Å².